The summed E-state index contributed by atoms with van der Waals surface area (Å²) in [5.41, 5.74) is 0. The van der Waals surface area contributed by atoms with E-state index in [0.29, 0.717) is 0 Å². The average Bonchev–Trinajstić information content (AvgIpc) is 1.35. The topological polar surface area (TPSA) is 63.6 Å². The third-order valence-electron chi connectivity index (χ3n) is 0.0796. The van der Waals surface area contributed by atoms with E-state index in [1.165, 1.54) is 0 Å². The van der Waals surface area contributed by atoms with Crippen molar-refractivity contribution in [1.82, 2.24) is 0 Å². The maximum atomic E-state index is 10.2. The molecule has 0 saturated carbocycles. The zero-order valence-corrected chi connectivity index (χ0v) is 6.27. The molecule has 0 radical (unpaired) electrons. The smallest absolute Gasteiger partial charge is 1.00 e. The van der Waals surface area contributed by atoms with Gasteiger partial charge in [0.25, 0.3) is 0 Å². The fraction of sp³-hybridized carbons (Fsp3) is 0. The number of halogens is 1. The Morgan fingerprint density at radius 3 is 1.86 bits per heavy atom. The molecule has 0 aromatic rings. The van der Waals surface area contributed by atoms with Crippen molar-refractivity contribution in [2.75, 3.05) is 0 Å². The summed E-state index contributed by atoms with van der Waals surface area (Å²) >= 11 is 0. The summed E-state index contributed by atoms with van der Waals surface area (Å²) in [4.78, 5) is 0. The van der Waals surface area contributed by atoms with Crippen LogP contribution < -0.4 is 29.6 Å². The minimum Gasteiger partial charge on any atom is -1.00 e. The molecule has 0 heterocycles. The molecule has 0 atom stereocenters. The number of hydrogen-bond donors (Lipinski definition) is 1. The molecule has 0 bridgehead atoms. The first-order valence-electron chi connectivity index (χ1n) is 0.837. The first kappa shape index (κ1) is 10.7. The van der Waals surface area contributed by atoms with Crippen LogP contribution in [0.2, 0.25) is 0 Å². The van der Waals surface area contributed by atoms with Gasteiger partial charge in [-0.25, -0.2) is 0 Å². The van der Waals surface area contributed by atoms with Crippen molar-refractivity contribution in [3.63, 3.8) is 0 Å². The van der Waals surface area contributed by atoms with Crippen LogP contribution >= 0.6 is 0 Å². The largest absolute Gasteiger partial charge is 1.00 e. The number of hydrogen-bond acceptors (Lipinski definition) is 3. The van der Waals surface area contributed by atoms with Crippen molar-refractivity contribution in [1.29, 1.82) is 0 Å². The zero-order chi connectivity index (χ0) is 5.21. The van der Waals surface area contributed by atoms with Gasteiger partial charge in [0.05, 0.1) is 0 Å². The minimum atomic E-state index is -4.83. The Morgan fingerprint density at radius 1 is 1.71 bits per heavy atom. The maximum Gasteiger partial charge on any atom is 1.00 e. The van der Waals surface area contributed by atoms with Crippen LogP contribution in [0.3, 0.4) is 0 Å². The first-order chi connectivity index (χ1) is 2.56. The van der Waals surface area contributed by atoms with Crippen molar-refractivity contribution >= 4 is 10.4 Å². The summed E-state index contributed by atoms with van der Waals surface area (Å²) in [7, 11) is -4.83. The van der Waals surface area contributed by atoms with Gasteiger partial charge in [0.2, 0.25) is 0 Å². The van der Waals surface area contributed by atoms with Crippen LogP contribution in [0.15, 0.2) is 0 Å². The molecule has 0 aliphatic carbocycles. The molecule has 1 N–H and O–H groups in total. The Kier molecular flexibility index (Phi) is 5.76. The van der Waals surface area contributed by atoms with Crippen LogP contribution in [0, 0.1) is 0 Å². The molecular weight excluding hydrogens is 138 g/mol. The molecule has 0 aliphatic heterocycles. The van der Waals surface area contributed by atoms with Gasteiger partial charge in [0.15, 0.2) is 0 Å². The summed E-state index contributed by atoms with van der Waals surface area (Å²) in [5, 5.41) is 0. The SMILES string of the molecule is O=S(=O)(O)OF.[H-].[Na+]. The van der Waals surface area contributed by atoms with Gasteiger partial charge < -0.3 is 1.43 Å². The van der Waals surface area contributed by atoms with Crippen LogP contribution in [0.4, 0.5) is 4.53 Å². The third kappa shape index (κ3) is 10.8. The molecular formula is H2FNaO4S. The van der Waals surface area contributed by atoms with E-state index in [1.54, 1.807) is 0 Å². The summed E-state index contributed by atoms with van der Waals surface area (Å²) in [6.45, 7) is 0. The van der Waals surface area contributed by atoms with E-state index in [9.17, 15) is 4.53 Å². The quantitative estimate of drug-likeness (QED) is 0.308. The van der Waals surface area contributed by atoms with Gasteiger partial charge in [-0.3, -0.25) is 4.55 Å². The van der Waals surface area contributed by atoms with E-state index in [-0.39, 0.29) is 31.0 Å². The van der Waals surface area contributed by atoms with E-state index in [0.717, 1.165) is 0 Å². The predicted molar refractivity (Wildman–Crippen MR) is 14.9 cm³/mol. The van der Waals surface area contributed by atoms with Crippen molar-refractivity contribution in [2.45, 2.75) is 0 Å². The second-order valence-corrected chi connectivity index (χ2v) is 1.47. The van der Waals surface area contributed by atoms with Crippen molar-refractivity contribution in [3.05, 3.63) is 0 Å². The monoisotopic (exact) mass is 140 g/mol. The second kappa shape index (κ2) is 3.76. The van der Waals surface area contributed by atoms with E-state index < -0.39 is 10.4 Å². The van der Waals surface area contributed by atoms with Crippen LogP contribution in [0.5, 0.6) is 0 Å². The Balaban J connectivity index is -0.000000125. The van der Waals surface area contributed by atoms with Crippen molar-refractivity contribution in [3.8, 4) is 0 Å². The Bertz CT molecular complexity index is 118. The normalized spacial score (nSPS) is 10.0. The molecule has 0 saturated heterocycles. The molecule has 0 aromatic heterocycles. The van der Waals surface area contributed by atoms with Gasteiger partial charge in [-0.1, -0.05) is 0 Å². The molecule has 0 spiro atoms. The van der Waals surface area contributed by atoms with Crippen molar-refractivity contribution < 1.29 is 52.9 Å². The van der Waals surface area contributed by atoms with Gasteiger partial charge in [-0.05, 0) is 8.91 Å². The Labute approximate surface area is 63.3 Å². The van der Waals surface area contributed by atoms with Crippen molar-refractivity contribution in [2.24, 2.45) is 0 Å². The first-order valence-corrected chi connectivity index (χ1v) is 2.20. The van der Waals surface area contributed by atoms with Gasteiger partial charge in [-0.2, -0.15) is 8.42 Å². The van der Waals surface area contributed by atoms with E-state index in [2.05, 4.69) is 0 Å². The summed E-state index contributed by atoms with van der Waals surface area (Å²) in [6, 6.07) is 0. The van der Waals surface area contributed by atoms with Crippen LogP contribution in [0.1, 0.15) is 1.43 Å². The number of rotatable bonds is 1. The molecule has 0 rings (SSSR count). The third-order valence-corrected chi connectivity index (χ3v) is 0.239. The van der Waals surface area contributed by atoms with Gasteiger partial charge >= 0.3 is 40.0 Å². The molecule has 0 amide bonds. The molecule has 0 aliphatic rings. The zero-order valence-electron chi connectivity index (χ0n) is 4.46. The van der Waals surface area contributed by atoms with Crippen LogP contribution in [0.25, 0.3) is 0 Å². The molecule has 7 heavy (non-hydrogen) atoms. The van der Waals surface area contributed by atoms with Gasteiger partial charge in [0, 0.05) is 0 Å². The fourth-order valence-electron chi connectivity index (χ4n) is 0. The fourth-order valence-corrected chi connectivity index (χ4v) is 0. The Morgan fingerprint density at radius 2 is 1.86 bits per heavy atom. The standard InChI is InChI=1S/FHO4S.Na.H/c1-5-6(2,3)4;;/h(H,2,3,4);;/q;+1;-1. The van der Waals surface area contributed by atoms with E-state index >= 15 is 0 Å². The maximum absolute atomic E-state index is 10.2. The van der Waals surface area contributed by atoms with Crippen LogP contribution in [-0.2, 0) is 14.8 Å². The predicted octanol–water partition coefficient (Wildman–Crippen LogP) is -3.19. The van der Waals surface area contributed by atoms with Gasteiger partial charge in [0.1, 0.15) is 0 Å². The van der Waals surface area contributed by atoms with Gasteiger partial charge in [-0.15, -0.1) is 0 Å². The molecule has 0 aromatic carbocycles. The Hall–Kier alpha value is 0.800. The molecule has 40 valence electrons. The summed E-state index contributed by atoms with van der Waals surface area (Å²) in [6.07, 6.45) is 0. The average molecular weight is 140 g/mol. The van der Waals surface area contributed by atoms with E-state index in [1.807, 2.05) is 4.39 Å². The molecule has 4 nitrogen and oxygen atoms in total. The minimum absolute atomic E-state index is 0. The second-order valence-electron chi connectivity index (χ2n) is 0.491. The molecule has 0 unspecified atom stereocenters. The van der Waals surface area contributed by atoms with E-state index in [4.69, 9.17) is 13.0 Å². The summed E-state index contributed by atoms with van der Waals surface area (Å²) in [5.74, 6) is 0. The molecule has 7 heteroatoms. The van der Waals surface area contributed by atoms with Crippen LogP contribution in [-0.4, -0.2) is 13.0 Å². The summed E-state index contributed by atoms with van der Waals surface area (Å²) < 4.78 is 37.2. The molecule has 0 fully saturated rings.